The lowest BCUT2D eigenvalue weighted by molar-refractivity contribution is 0.0696. The van der Waals surface area contributed by atoms with Gasteiger partial charge in [-0.15, -0.1) is 0 Å². The fourth-order valence-corrected chi connectivity index (χ4v) is 6.15. The highest BCUT2D eigenvalue weighted by atomic mass is 16.5. The Balaban J connectivity index is 0.000000772. The van der Waals surface area contributed by atoms with Gasteiger partial charge >= 0.3 is 5.97 Å². The van der Waals surface area contributed by atoms with E-state index in [-0.39, 0.29) is 5.56 Å². The molecule has 296 valence electrons. The van der Waals surface area contributed by atoms with E-state index in [0.29, 0.717) is 12.4 Å². The second-order valence-electron chi connectivity index (χ2n) is 13.9. The summed E-state index contributed by atoms with van der Waals surface area (Å²) in [6.45, 7) is 15.0. The van der Waals surface area contributed by atoms with Crippen molar-refractivity contribution < 1.29 is 24.1 Å². The molecule has 1 aliphatic carbocycles. The van der Waals surface area contributed by atoms with E-state index < -0.39 is 5.97 Å². The van der Waals surface area contributed by atoms with Crippen LogP contribution in [0, 0.1) is 6.92 Å². The van der Waals surface area contributed by atoms with E-state index in [1.54, 1.807) is 31.4 Å². The van der Waals surface area contributed by atoms with Crippen LogP contribution in [-0.4, -0.2) is 56.0 Å². The van der Waals surface area contributed by atoms with E-state index in [9.17, 15) is 4.79 Å². The van der Waals surface area contributed by atoms with Crippen molar-refractivity contribution in [3.05, 3.63) is 107 Å². The first-order chi connectivity index (χ1) is 26.3. The van der Waals surface area contributed by atoms with Crippen molar-refractivity contribution in [3.8, 4) is 11.5 Å². The average Bonchev–Trinajstić information content (AvgIpc) is 3.15. The number of aryl methyl sites for hydroxylation is 1. The van der Waals surface area contributed by atoms with Gasteiger partial charge in [0.25, 0.3) is 0 Å². The first-order valence-electron chi connectivity index (χ1n) is 20.3. The zero-order valence-electron chi connectivity index (χ0n) is 34.0. The summed E-state index contributed by atoms with van der Waals surface area (Å²) in [6, 6.07) is 21.4. The highest BCUT2D eigenvalue weighted by Crippen LogP contribution is 2.34. The summed E-state index contributed by atoms with van der Waals surface area (Å²) in [5.41, 5.74) is 7.58. The predicted molar refractivity (Wildman–Crippen MR) is 225 cm³/mol. The summed E-state index contributed by atoms with van der Waals surface area (Å²) >= 11 is 0. The molecule has 0 spiro atoms. The standard InChI is InChI=1S/C38H49N3O4.C8H18O/c1-5-7-8-16-37(39-33-15-10-9-12-28(33)3)40-34-22-17-29(27-36(34)44-4)26-35(30-13-11-14-30)41(23-6-2)24-25-45-32-20-18-31(19-21-32)38(42)43;1-3-5-6-8-9-7-4-2/h9-10,12,15-22,27,39-40H,5-8,11,13-14,23-26H2,1-4H3,(H,42,43);3-8H2,1-2H3/b37-16-;. The molecule has 3 N–H and O–H groups in total. The maximum absolute atomic E-state index is 11.2. The third kappa shape index (κ3) is 15.5. The first-order valence-corrected chi connectivity index (χ1v) is 20.3. The molecule has 0 aliphatic heterocycles. The molecule has 1 fully saturated rings. The molecule has 0 amide bonds. The smallest absolute Gasteiger partial charge is 0.335 e. The van der Waals surface area contributed by atoms with Crippen molar-refractivity contribution in [3.63, 3.8) is 0 Å². The molecule has 0 unspecified atom stereocenters. The Morgan fingerprint density at radius 2 is 1.56 bits per heavy atom. The molecule has 0 aromatic heterocycles. The molecule has 0 saturated heterocycles. The average molecular weight is 742 g/mol. The zero-order chi connectivity index (χ0) is 39.0. The maximum Gasteiger partial charge on any atom is 0.335 e. The van der Waals surface area contributed by atoms with Gasteiger partial charge in [0.15, 0.2) is 0 Å². The summed E-state index contributed by atoms with van der Waals surface area (Å²) in [7, 11) is 1.73. The van der Waals surface area contributed by atoms with Crippen molar-refractivity contribution in [2.24, 2.45) is 0 Å². The Labute approximate surface area is 326 Å². The number of anilines is 2. The summed E-state index contributed by atoms with van der Waals surface area (Å²) in [6.07, 6.45) is 15.8. The lowest BCUT2D eigenvalue weighted by Gasteiger charge is -2.33. The molecule has 0 atom stereocenters. The van der Waals surface area contributed by atoms with Crippen LogP contribution in [0.3, 0.4) is 0 Å². The number of hydrogen-bond acceptors (Lipinski definition) is 7. The molecule has 1 saturated carbocycles. The molecule has 8 heteroatoms. The van der Waals surface area contributed by atoms with Gasteiger partial charge in [-0.3, -0.25) is 0 Å². The third-order valence-corrected chi connectivity index (χ3v) is 9.44. The number of ether oxygens (including phenoxy) is 3. The fourth-order valence-electron chi connectivity index (χ4n) is 6.15. The van der Waals surface area contributed by atoms with Crippen LogP contribution in [0.2, 0.25) is 0 Å². The molecule has 54 heavy (non-hydrogen) atoms. The monoisotopic (exact) mass is 742 g/mol. The summed E-state index contributed by atoms with van der Waals surface area (Å²) in [5, 5.41) is 16.4. The SMILES string of the molecule is CCCC/C=C(/Nc1ccccc1C)Nc1ccc(CC(=C2CCC2)N(CCC)CCOc2ccc(C(=O)O)cc2)cc1OC.CCCCCOCCC. The number of carboxylic acid groups (broad SMARTS) is 1. The van der Waals surface area contributed by atoms with Crippen molar-refractivity contribution in [1.82, 2.24) is 4.90 Å². The quantitative estimate of drug-likeness (QED) is 0.0782. The molecule has 3 aromatic rings. The lowest BCUT2D eigenvalue weighted by Crippen LogP contribution is -2.31. The first kappa shape index (κ1) is 44.0. The Hall–Kier alpha value is -4.43. The largest absolute Gasteiger partial charge is 0.495 e. The predicted octanol–water partition coefficient (Wildman–Crippen LogP) is 11.6. The number of hydrogen-bond donors (Lipinski definition) is 3. The molecule has 0 heterocycles. The van der Waals surface area contributed by atoms with Crippen LogP contribution < -0.4 is 20.1 Å². The number of rotatable bonds is 24. The second kappa shape index (κ2) is 25.6. The van der Waals surface area contributed by atoms with Crippen LogP contribution in [0.4, 0.5) is 11.4 Å². The summed E-state index contributed by atoms with van der Waals surface area (Å²) in [4.78, 5) is 13.6. The molecule has 0 bridgehead atoms. The summed E-state index contributed by atoms with van der Waals surface area (Å²) < 4.78 is 17.2. The number of benzene rings is 3. The van der Waals surface area contributed by atoms with Crippen molar-refractivity contribution in [2.45, 2.75) is 112 Å². The van der Waals surface area contributed by atoms with Gasteiger partial charge in [0.05, 0.1) is 24.9 Å². The van der Waals surface area contributed by atoms with E-state index in [1.165, 1.54) is 48.1 Å². The van der Waals surface area contributed by atoms with Crippen LogP contribution in [0.5, 0.6) is 11.5 Å². The minimum atomic E-state index is -0.935. The normalized spacial score (nSPS) is 12.3. The molecule has 3 aromatic carbocycles. The Morgan fingerprint density at radius 1 is 0.815 bits per heavy atom. The molecule has 1 aliphatic rings. The summed E-state index contributed by atoms with van der Waals surface area (Å²) in [5.74, 6) is 1.51. The van der Waals surface area contributed by atoms with Gasteiger partial charge in [0.2, 0.25) is 0 Å². The molecule has 4 rings (SSSR count). The van der Waals surface area contributed by atoms with Gasteiger partial charge < -0.3 is 34.9 Å². The fraction of sp³-hybridized carbons (Fsp3) is 0.500. The number of nitrogens with one attached hydrogen (secondary N) is 2. The van der Waals surface area contributed by atoms with Gasteiger partial charge in [-0.2, -0.15) is 0 Å². The number of aromatic carboxylic acids is 1. The van der Waals surface area contributed by atoms with Gasteiger partial charge in [-0.25, -0.2) is 4.79 Å². The maximum atomic E-state index is 11.2. The van der Waals surface area contributed by atoms with Crippen LogP contribution in [-0.2, 0) is 11.2 Å². The van der Waals surface area contributed by atoms with Gasteiger partial charge in [0.1, 0.15) is 23.9 Å². The number of carbonyl (C=O) groups is 1. The number of allylic oxidation sites excluding steroid dienone is 3. The minimum Gasteiger partial charge on any atom is -0.495 e. The molecular weight excluding hydrogens is 675 g/mol. The van der Waals surface area contributed by atoms with E-state index in [0.717, 1.165) is 101 Å². The molecule has 0 radical (unpaired) electrons. The van der Waals surface area contributed by atoms with Gasteiger partial charge in [-0.05, 0) is 118 Å². The molecular formula is C46H67N3O5. The Kier molecular flexibility index (Phi) is 20.8. The Morgan fingerprint density at radius 3 is 2.19 bits per heavy atom. The van der Waals surface area contributed by atoms with Crippen LogP contribution in [0.25, 0.3) is 0 Å². The van der Waals surface area contributed by atoms with Gasteiger partial charge in [0, 0.05) is 37.6 Å². The highest BCUT2D eigenvalue weighted by molar-refractivity contribution is 5.87. The van der Waals surface area contributed by atoms with Crippen molar-refractivity contribution in [1.29, 1.82) is 0 Å². The minimum absolute atomic E-state index is 0.259. The second-order valence-corrected chi connectivity index (χ2v) is 13.9. The third-order valence-electron chi connectivity index (χ3n) is 9.44. The van der Waals surface area contributed by atoms with Crippen LogP contribution >= 0.6 is 0 Å². The van der Waals surface area contributed by atoms with Crippen molar-refractivity contribution >= 4 is 17.3 Å². The molecule has 8 nitrogen and oxygen atoms in total. The lowest BCUT2D eigenvalue weighted by atomic mass is 9.88. The highest BCUT2D eigenvalue weighted by Gasteiger charge is 2.21. The number of nitrogens with zero attached hydrogens (tertiary/aromatic N) is 1. The number of carboxylic acids is 1. The number of para-hydroxylation sites is 1. The van der Waals surface area contributed by atoms with Gasteiger partial charge in [-0.1, -0.05) is 76.8 Å². The van der Waals surface area contributed by atoms with E-state index in [2.05, 4.69) is 98.7 Å². The van der Waals surface area contributed by atoms with E-state index in [4.69, 9.17) is 19.3 Å². The number of unbranched alkanes of at least 4 members (excludes halogenated alkanes) is 4. The van der Waals surface area contributed by atoms with E-state index in [1.807, 2.05) is 0 Å². The van der Waals surface area contributed by atoms with Crippen molar-refractivity contribution in [2.75, 3.05) is 50.7 Å². The van der Waals surface area contributed by atoms with Crippen LogP contribution in [0.15, 0.2) is 89.9 Å². The topological polar surface area (TPSA) is 92.3 Å². The Bertz CT molecular complexity index is 1570. The number of methoxy groups -OCH3 is 1. The van der Waals surface area contributed by atoms with Crippen LogP contribution in [0.1, 0.15) is 120 Å². The van der Waals surface area contributed by atoms with E-state index >= 15 is 0 Å². The zero-order valence-corrected chi connectivity index (χ0v) is 34.0.